The highest BCUT2D eigenvalue weighted by Crippen LogP contribution is 2.24. The number of fused-ring (bicyclic) bond motifs is 1. The summed E-state index contributed by atoms with van der Waals surface area (Å²) in [5.41, 5.74) is 2.18. The lowest BCUT2D eigenvalue weighted by Gasteiger charge is -2.05. The van der Waals surface area contributed by atoms with Gasteiger partial charge in [0, 0.05) is 16.2 Å². The number of aromatic nitrogens is 3. The van der Waals surface area contributed by atoms with Gasteiger partial charge in [0.1, 0.15) is 11.9 Å². The average molecular weight is 318 g/mol. The van der Waals surface area contributed by atoms with Crippen LogP contribution in [-0.4, -0.2) is 25.7 Å². The quantitative estimate of drug-likeness (QED) is 0.789. The van der Waals surface area contributed by atoms with E-state index in [0.29, 0.717) is 5.65 Å². The molecule has 19 heavy (non-hydrogen) atoms. The lowest BCUT2D eigenvalue weighted by molar-refractivity contribution is 0.0698. The number of benzene rings is 1. The first-order valence-electron chi connectivity index (χ1n) is 5.48. The van der Waals surface area contributed by atoms with E-state index in [-0.39, 0.29) is 5.56 Å². The first-order chi connectivity index (χ1) is 9.15. The van der Waals surface area contributed by atoms with Crippen molar-refractivity contribution in [1.29, 1.82) is 0 Å². The monoisotopic (exact) mass is 317 g/mol. The van der Waals surface area contributed by atoms with Crippen molar-refractivity contribution in [3.8, 4) is 11.1 Å². The fraction of sp³-hybridized carbons (Fsp3) is 0. The topological polar surface area (TPSA) is 67.5 Å². The van der Waals surface area contributed by atoms with Gasteiger partial charge < -0.3 is 5.11 Å². The summed E-state index contributed by atoms with van der Waals surface area (Å²) < 4.78 is 2.44. The van der Waals surface area contributed by atoms with Crippen LogP contribution in [-0.2, 0) is 0 Å². The van der Waals surface area contributed by atoms with E-state index >= 15 is 0 Å². The van der Waals surface area contributed by atoms with Crippen molar-refractivity contribution in [3.63, 3.8) is 0 Å². The summed E-state index contributed by atoms with van der Waals surface area (Å²) in [7, 11) is 0. The SMILES string of the molecule is O=C(O)c1cc(-c2ccc(Br)cc2)cn2ncnc12. The molecule has 6 heteroatoms. The second kappa shape index (κ2) is 4.47. The highest BCUT2D eigenvalue weighted by molar-refractivity contribution is 9.10. The number of pyridine rings is 1. The Balaban J connectivity index is 2.24. The molecule has 0 spiro atoms. The van der Waals surface area contributed by atoms with Crippen molar-refractivity contribution in [2.75, 3.05) is 0 Å². The molecule has 2 heterocycles. The Morgan fingerprint density at radius 3 is 2.63 bits per heavy atom. The lowest BCUT2D eigenvalue weighted by Crippen LogP contribution is -2.02. The maximum absolute atomic E-state index is 11.3. The Morgan fingerprint density at radius 1 is 1.21 bits per heavy atom. The van der Waals surface area contributed by atoms with Crippen LogP contribution in [0, 0.1) is 0 Å². The molecular formula is C13H8BrN3O2. The molecule has 0 fully saturated rings. The van der Waals surface area contributed by atoms with Gasteiger partial charge in [-0.1, -0.05) is 28.1 Å². The minimum Gasteiger partial charge on any atom is -0.478 e. The molecule has 2 aromatic heterocycles. The van der Waals surface area contributed by atoms with Crippen LogP contribution in [0.25, 0.3) is 16.8 Å². The molecule has 3 rings (SSSR count). The number of hydrogen-bond donors (Lipinski definition) is 1. The summed E-state index contributed by atoms with van der Waals surface area (Å²) in [5, 5.41) is 13.2. The number of nitrogens with zero attached hydrogens (tertiary/aromatic N) is 3. The van der Waals surface area contributed by atoms with Gasteiger partial charge in [0.15, 0.2) is 5.65 Å². The number of halogens is 1. The van der Waals surface area contributed by atoms with Gasteiger partial charge in [-0.2, -0.15) is 5.10 Å². The molecule has 1 N–H and O–H groups in total. The molecule has 1 aromatic carbocycles. The van der Waals surface area contributed by atoms with Gasteiger partial charge in [-0.25, -0.2) is 14.3 Å². The van der Waals surface area contributed by atoms with E-state index in [2.05, 4.69) is 26.0 Å². The summed E-state index contributed by atoms with van der Waals surface area (Å²) in [6.45, 7) is 0. The van der Waals surface area contributed by atoms with Gasteiger partial charge in [-0.3, -0.25) is 0 Å². The minimum atomic E-state index is -1.02. The van der Waals surface area contributed by atoms with E-state index in [1.165, 1.54) is 10.8 Å². The van der Waals surface area contributed by atoms with Crippen LogP contribution >= 0.6 is 15.9 Å². The third-order valence-corrected chi connectivity index (χ3v) is 3.31. The molecule has 3 aromatic rings. The first kappa shape index (κ1) is 11.9. The molecular weight excluding hydrogens is 310 g/mol. The van der Waals surface area contributed by atoms with E-state index < -0.39 is 5.97 Å². The maximum Gasteiger partial charge on any atom is 0.339 e. The fourth-order valence-electron chi connectivity index (χ4n) is 1.88. The third kappa shape index (κ3) is 2.10. The van der Waals surface area contributed by atoms with Gasteiger partial charge >= 0.3 is 5.97 Å². The number of rotatable bonds is 2. The maximum atomic E-state index is 11.3. The number of aromatic carboxylic acids is 1. The Morgan fingerprint density at radius 2 is 1.95 bits per heavy atom. The molecule has 0 unspecified atom stereocenters. The molecule has 0 amide bonds. The molecule has 0 saturated carbocycles. The summed E-state index contributed by atoms with van der Waals surface area (Å²) in [6.07, 6.45) is 3.10. The predicted molar refractivity (Wildman–Crippen MR) is 73.1 cm³/mol. The van der Waals surface area contributed by atoms with Crippen LogP contribution in [0.15, 0.2) is 47.3 Å². The van der Waals surface area contributed by atoms with Crippen molar-refractivity contribution in [2.24, 2.45) is 0 Å². The second-order valence-corrected chi connectivity index (χ2v) is 4.90. The number of carbonyl (C=O) groups is 1. The average Bonchev–Trinajstić information content (AvgIpc) is 2.86. The molecule has 94 valence electrons. The zero-order valence-corrected chi connectivity index (χ0v) is 11.2. The van der Waals surface area contributed by atoms with Crippen LogP contribution in [0.5, 0.6) is 0 Å². The number of carboxylic acid groups (broad SMARTS) is 1. The summed E-state index contributed by atoms with van der Waals surface area (Å²) in [6, 6.07) is 9.24. The van der Waals surface area contributed by atoms with Crippen molar-refractivity contribution >= 4 is 27.5 Å². The molecule has 0 saturated heterocycles. The van der Waals surface area contributed by atoms with Crippen LogP contribution in [0.1, 0.15) is 10.4 Å². The Hall–Kier alpha value is -2.21. The van der Waals surface area contributed by atoms with E-state index in [4.69, 9.17) is 0 Å². The van der Waals surface area contributed by atoms with Crippen molar-refractivity contribution in [2.45, 2.75) is 0 Å². The lowest BCUT2D eigenvalue weighted by atomic mass is 10.1. The summed E-state index contributed by atoms with van der Waals surface area (Å²) >= 11 is 3.37. The van der Waals surface area contributed by atoms with Gasteiger partial charge in [-0.05, 0) is 23.8 Å². The molecule has 5 nitrogen and oxygen atoms in total. The van der Waals surface area contributed by atoms with E-state index in [1.54, 1.807) is 12.3 Å². The highest BCUT2D eigenvalue weighted by Gasteiger charge is 2.13. The van der Waals surface area contributed by atoms with E-state index in [0.717, 1.165) is 15.6 Å². The third-order valence-electron chi connectivity index (χ3n) is 2.78. The molecule has 0 radical (unpaired) electrons. The van der Waals surface area contributed by atoms with Crippen LogP contribution in [0.2, 0.25) is 0 Å². The molecule has 0 aliphatic carbocycles. The highest BCUT2D eigenvalue weighted by atomic mass is 79.9. The fourth-order valence-corrected chi connectivity index (χ4v) is 2.15. The van der Waals surface area contributed by atoms with Crippen LogP contribution < -0.4 is 0 Å². The van der Waals surface area contributed by atoms with Crippen LogP contribution in [0.3, 0.4) is 0 Å². The normalized spacial score (nSPS) is 10.8. The predicted octanol–water partition coefficient (Wildman–Crippen LogP) is 2.86. The van der Waals surface area contributed by atoms with E-state index in [9.17, 15) is 9.90 Å². The number of hydrogen-bond acceptors (Lipinski definition) is 3. The van der Waals surface area contributed by atoms with Gasteiger partial charge in [-0.15, -0.1) is 0 Å². The zero-order valence-electron chi connectivity index (χ0n) is 9.62. The largest absolute Gasteiger partial charge is 0.478 e. The first-order valence-corrected chi connectivity index (χ1v) is 6.27. The van der Waals surface area contributed by atoms with Gasteiger partial charge in [0.25, 0.3) is 0 Å². The van der Waals surface area contributed by atoms with Crippen molar-refractivity contribution in [3.05, 3.63) is 52.9 Å². The van der Waals surface area contributed by atoms with Crippen molar-refractivity contribution in [1.82, 2.24) is 14.6 Å². The van der Waals surface area contributed by atoms with E-state index in [1.807, 2.05) is 24.3 Å². The van der Waals surface area contributed by atoms with Gasteiger partial charge in [0.2, 0.25) is 0 Å². The Kier molecular flexibility index (Phi) is 2.79. The Labute approximate surface area is 116 Å². The molecule has 0 atom stereocenters. The Bertz CT molecular complexity index is 765. The van der Waals surface area contributed by atoms with Crippen molar-refractivity contribution < 1.29 is 9.90 Å². The standard InChI is InChI=1S/C13H8BrN3O2/c14-10-3-1-8(2-4-10)9-5-11(13(18)19)12-15-7-16-17(12)6-9/h1-7H,(H,18,19). The summed E-state index contributed by atoms with van der Waals surface area (Å²) in [5.74, 6) is -1.02. The summed E-state index contributed by atoms with van der Waals surface area (Å²) in [4.78, 5) is 15.2. The zero-order chi connectivity index (χ0) is 13.4. The second-order valence-electron chi connectivity index (χ2n) is 3.98. The molecule has 0 bridgehead atoms. The molecule has 0 aliphatic heterocycles. The molecule has 0 aliphatic rings. The van der Waals surface area contributed by atoms with Crippen LogP contribution in [0.4, 0.5) is 0 Å². The van der Waals surface area contributed by atoms with Gasteiger partial charge in [0.05, 0.1) is 0 Å². The smallest absolute Gasteiger partial charge is 0.339 e. The minimum absolute atomic E-state index is 0.137. The number of carboxylic acids is 1.